The summed E-state index contributed by atoms with van der Waals surface area (Å²) in [6.45, 7) is 3.38. The molecular formula is C31H33NO8S2. The highest BCUT2D eigenvalue weighted by Gasteiger charge is 2.52. The highest BCUT2D eigenvalue weighted by Crippen LogP contribution is 2.47. The van der Waals surface area contributed by atoms with Crippen LogP contribution < -0.4 is 9.47 Å². The molecule has 1 unspecified atom stereocenters. The zero-order valence-electron chi connectivity index (χ0n) is 23.1. The lowest BCUT2D eigenvalue weighted by atomic mass is 9.94. The Morgan fingerprint density at radius 1 is 0.833 bits per heavy atom. The first kappa shape index (κ1) is 29.8. The predicted octanol–water partition coefficient (Wildman–Crippen LogP) is 4.98. The SMILES string of the molecule is CS(=O)(=O)c1cccc(C(Oc2ccc(OCCN3CCCCC3)cc2)(c2c(O)ccc3ccccc23)S(=O)(=O)O)c1. The molecule has 222 valence electrons. The zero-order chi connectivity index (χ0) is 30.0. The minimum Gasteiger partial charge on any atom is -0.507 e. The Hall–Kier alpha value is -3.64. The summed E-state index contributed by atoms with van der Waals surface area (Å²) in [5.41, 5.74) is -0.461. The Bertz CT molecular complexity index is 1780. The average molecular weight is 612 g/mol. The number of rotatable bonds is 10. The maximum Gasteiger partial charge on any atom is 0.315 e. The van der Waals surface area contributed by atoms with Crippen LogP contribution in [0.15, 0.2) is 89.8 Å². The molecule has 0 saturated carbocycles. The molecule has 2 N–H and O–H groups in total. The van der Waals surface area contributed by atoms with Gasteiger partial charge in [-0.2, -0.15) is 8.42 Å². The van der Waals surface area contributed by atoms with E-state index in [1.165, 1.54) is 55.7 Å². The maximum atomic E-state index is 13.5. The van der Waals surface area contributed by atoms with Crippen LogP contribution in [0.4, 0.5) is 0 Å². The molecule has 1 atom stereocenters. The van der Waals surface area contributed by atoms with Crippen LogP contribution in [0.5, 0.6) is 17.2 Å². The van der Waals surface area contributed by atoms with Gasteiger partial charge in [0.05, 0.1) is 10.5 Å². The average Bonchev–Trinajstić information content (AvgIpc) is 2.96. The van der Waals surface area contributed by atoms with Crippen LogP contribution >= 0.6 is 0 Å². The topological polar surface area (TPSA) is 130 Å². The number of aromatic hydroxyl groups is 1. The third-order valence-corrected chi connectivity index (χ3v) is 9.81. The molecule has 1 aliphatic rings. The van der Waals surface area contributed by atoms with Gasteiger partial charge < -0.3 is 14.6 Å². The summed E-state index contributed by atoms with van der Waals surface area (Å²) in [7, 11) is -9.03. The van der Waals surface area contributed by atoms with Crippen molar-refractivity contribution >= 4 is 30.7 Å². The first-order valence-electron chi connectivity index (χ1n) is 13.6. The highest BCUT2D eigenvalue weighted by molar-refractivity contribution is 7.90. The van der Waals surface area contributed by atoms with E-state index in [2.05, 4.69) is 4.90 Å². The Labute approximate surface area is 246 Å². The van der Waals surface area contributed by atoms with E-state index in [4.69, 9.17) is 9.47 Å². The van der Waals surface area contributed by atoms with Crippen LogP contribution in [-0.4, -0.2) is 63.9 Å². The molecule has 0 radical (unpaired) electrons. The van der Waals surface area contributed by atoms with E-state index in [1.807, 2.05) is 0 Å². The highest BCUT2D eigenvalue weighted by atomic mass is 32.2. The number of likely N-dealkylation sites (tertiary alicyclic amines) is 1. The molecule has 1 aliphatic heterocycles. The van der Waals surface area contributed by atoms with Gasteiger partial charge in [0.15, 0.2) is 9.84 Å². The van der Waals surface area contributed by atoms with Crippen LogP contribution in [0, 0.1) is 0 Å². The molecule has 4 aromatic carbocycles. The van der Waals surface area contributed by atoms with Crippen molar-refractivity contribution in [1.29, 1.82) is 0 Å². The number of sulfone groups is 1. The number of ether oxygens (including phenoxy) is 2. The smallest absolute Gasteiger partial charge is 0.315 e. The summed E-state index contributed by atoms with van der Waals surface area (Å²) < 4.78 is 74.9. The standard InChI is InChI=1S/C31H33NO8S2/c1-41(34,35)27-10-7-9-24(22-27)31(42(36,37)38,30-28-11-4-3-8-23(28)12-17-29(30)33)40-26-15-13-25(14-16-26)39-21-20-32-18-5-2-6-19-32/h3-4,7-17,22,33H,2,5-6,18-21H2,1H3,(H,36,37,38). The Morgan fingerprint density at radius 3 is 2.21 bits per heavy atom. The van der Waals surface area contributed by atoms with Gasteiger partial charge in [-0.25, -0.2) is 8.42 Å². The van der Waals surface area contributed by atoms with Crippen LogP contribution in [0.1, 0.15) is 30.4 Å². The second-order valence-electron chi connectivity index (χ2n) is 10.4. The van der Waals surface area contributed by atoms with Crippen molar-refractivity contribution in [2.75, 3.05) is 32.5 Å². The molecule has 1 saturated heterocycles. The van der Waals surface area contributed by atoms with Crippen molar-refractivity contribution in [1.82, 2.24) is 4.90 Å². The van der Waals surface area contributed by atoms with Crippen molar-refractivity contribution < 1.29 is 36.0 Å². The van der Waals surface area contributed by atoms with E-state index in [-0.39, 0.29) is 27.2 Å². The van der Waals surface area contributed by atoms with Crippen molar-refractivity contribution in [3.8, 4) is 17.2 Å². The molecular weight excluding hydrogens is 578 g/mol. The fourth-order valence-electron chi connectivity index (χ4n) is 5.37. The quantitative estimate of drug-likeness (QED) is 0.238. The fraction of sp³-hybridized carbons (Fsp3) is 0.290. The molecule has 4 aromatic rings. The molecule has 5 rings (SSSR count). The van der Waals surface area contributed by atoms with E-state index in [1.54, 1.807) is 42.5 Å². The second kappa shape index (κ2) is 11.9. The van der Waals surface area contributed by atoms with Crippen molar-refractivity contribution in [2.24, 2.45) is 0 Å². The molecule has 0 aliphatic carbocycles. The largest absolute Gasteiger partial charge is 0.507 e. The number of benzene rings is 4. The van der Waals surface area contributed by atoms with Crippen LogP contribution in [0.3, 0.4) is 0 Å². The molecule has 1 heterocycles. The zero-order valence-corrected chi connectivity index (χ0v) is 24.8. The Morgan fingerprint density at radius 2 is 1.52 bits per heavy atom. The summed E-state index contributed by atoms with van der Waals surface area (Å²) in [4.78, 5) is -0.577. The van der Waals surface area contributed by atoms with E-state index in [9.17, 15) is 26.5 Å². The van der Waals surface area contributed by atoms with Gasteiger partial charge in [-0.05, 0) is 79.2 Å². The van der Waals surface area contributed by atoms with E-state index in [0.29, 0.717) is 17.7 Å². The van der Waals surface area contributed by atoms with Gasteiger partial charge in [-0.15, -0.1) is 0 Å². The summed E-state index contributed by atoms with van der Waals surface area (Å²) >= 11 is 0. The summed E-state index contributed by atoms with van der Waals surface area (Å²) in [5.74, 6) is 0.116. The number of nitrogens with zero attached hydrogens (tertiary/aromatic N) is 1. The molecule has 0 spiro atoms. The molecule has 9 nitrogen and oxygen atoms in total. The molecule has 0 amide bonds. The van der Waals surface area contributed by atoms with E-state index in [0.717, 1.165) is 32.0 Å². The first-order chi connectivity index (χ1) is 20.0. The van der Waals surface area contributed by atoms with Gasteiger partial charge in [-0.1, -0.05) is 48.9 Å². The number of piperidine rings is 1. The lowest BCUT2D eigenvalue weighted by Gasteiger charge is -2.34. The van der Waals surface area contributed by atoms with E-state index >= 15 is 0 Å². The number of hydrogen-bond donors (Lipinski definition) is 2. The number of hydrogen-bond acceptors (Lipinski definition) is 8. The lowest BCUT2D eigenvalue weighted by Crippen LogP contribution is -2.43. The van der Waals surface area contributed by atoms with Gasteiger partial charge in [0, 0.05) is 18.4 Å². The number of phenols is 1. The van der Waals surface area contributed by atoms with Crippen molar-refractivity contribution in [3.05, 3.63) is 96.1 Å². The van der Waals surface area contributed by atoms with Gasteiger partial charge in [0.1, 0.15) is 23.9 Å². The van der Waals surface area contributed by atoms with Gasteiger partial charge in [-0.3, -0.25) is 9.45 Å². The maximum absolute atomic E-state index is 13.5. The minimum atomic E-state index is -5.26. The van der Waals surface area contributed by atoms with Crippen LogP contribution in [0.2, 0.25) is 0 Å². The van der Waals surface area contributed by atoms with Gasteiger partial charge >= 0.3 is 10.1 Å². The minimum absolute atomic E-state index is 0.0353. The molecule has 42 heavy (non-hydrogen) atoms. The monoisotopic (exact) mass is 611 g/mol. The summed E-state index contributed by atoms with van der Waals surface area (Å²) in [6, 6.07) is 21.0. The van der Waals surface area contributed by atoms with Crippen LogP contribution in [0.25, 0.3) is 10.8 Å². The van der Waals surface area contributed by atoms with Gasteiger partial charge in [0.2, 0.25) is 0 Å². The van der Waals surface area contributed by atoms with Crippen molar-refractivity contribution in [3.63, 3.8) is 0 Å². The molecule has 0 aromatic heterocycles. The third-order valence-electron chi connectivity index (χ3n) is 7.45. The summed E-state index contributed by atoms with van der Waals surface area (Å²) in [6.07, 6.45) is 4.60. The molecule has 1 fully saturated rings. The predicted molar refractivity (Wildman–Crippen MR) is 160 cm³/mol. The normalized spacial score (nSPS) is 16.1. The number of phenolic OH excluding ortho intramolecular Hbond substituents is 1. The second-order valence-corrected chi connectivity index (χ2v) is 13.9. The lowest BCUT2D eigenvalue weighted by molar-refractivity contribution is 0.176. The fourth-order valence-corrected chi connectivity index (χ4v) is 7.13. The number of fused-ring (bicyclic) bond motifs is 1. The third kappa shape index (κ3) is 6.10. The van der Waals surface area contributed by atoms with Crippen LogP contribution in [-0.2, 0) is 24.9 Å². The Kier molecular flexibility index (Phi) is 8.47. The first-order valence-corrected chi connectivity index (χ1v) is 17.0. The Balaban J connectivity index is 1.60. The van der Waals surface area contributed by atoms with E-state index < -0.39 is 30.6 Å². The summed E-state index contributed by atoms with van der Waals surface area (Å²) in [5, 5.41) is 12.0. The molecule has 0 bridgehead atoms. The van der Waals surface area contributed by atoms with Crippen molar-refractivity contribution in [2.45, 2.75) is 29.1 Å². The van der Waals surface area contributed by atoms with Gasteiger partial charge in [0.25, 0.3) is 4.93 Å². The molecule has 11 heteroatoms.